The van der Waals surface area contributed by atoms with Gasteiger partial charge < -0.3 is 34.1 Å². The molecule has 0 aromatic carbocycles. The zero-order valence-corrected chi connectivity index (χ0v) is 28.8. The second-order valence-electron chi connectivity index (χ2n) is 11.9. The Bertz CT molecular complexity index is 1680. The summed E-state index contributed by atoms with van der Waals surface area (Å²) in [5.74, 6) is 2.22. The number of anilines is 4. The van der Waals surface area contributed by atoms with E-state index < -0.39 is 0 Å². The van der Waals surface area contributed by atoms with Crippen molar-refractivity contribution in [3.63, 3.8) is 0 Å². The highest BCUT2D eigenvalue weighted by molar-refractivity contribution is 6.28. The number of aromatic nitrogens is 8. The van der Waals surface area contributed by atoms with Crippen molar-refractivity contribution in [3.05, 3.63) is 55.1 Å². The van der Waals surface area contributed by atoms with Crippen molar-refractivity contribution in [1.82, 2.24) is 39.5 Å². The van der Waals surface area contributed by atoms with Gasteiger partial charge in [-0.05, 0) is 37.3 Å². The van der Waals surface area contributed by atoms with Crippen LogP contribution in [0.3, 0.4) is 0 Å². The monoisotopic (exact) mass is 692 g/mol. The lowest BCUT2D eigenvalue weighted by molar-refractivity contribution is -0.120. The van der Waals surface area contributed by atoms with E-state index in [2.05, 4.69) is 39.7 Å². The van der Waals surface area contributed by atoms with Gasteiger partial charge in [0.25, 0.3) is 0 Å². The molecule has 0 aliphatic carbocycles. The van der Waals surface area contributed by atoms with Crippen LogP contribution in [-0.2, 0) is 19.1 Å². The van der Waals surface area contributed by atoms with Crippen molar-refractivity contribution >= 4 is 46.4 Å². The summed E-state index contributed by atoms with van der Waals surface area (Å²) < 4.78 is 12.8. The number of likely N-dealkylation sites (N-methyl/N-ethyl adjacent to an activating group) is 2. The third-order valence-electron chi connectivity index (χ3n) is 9.09. The van der Waals surface area contributed by atoms with Gasteiger partial charge in [0.15, 0.2) is 11.6 Å². The molecule has 4 aromatic rings. The summed E-state index contributed by atoms with van der Waals surface area (Å²) in [6.45, 7) is 6.72. The van der Waals surface area contributed by atoms with Crippen LogP contribution in [0.25, 0.3) is 5.95 Å². The van der Waals surface area contributed by atoms with Crippen molar-refractivity contribution in [3.8, 4) is 5.95 Å². The Morgan fingerprint density at radius 3 is 1.88 bits per heavy atom. The van der Waals surface area contributed by atoms with Crippen LogP contribution in [0.4, 0.5) is 23.0 Å². The Morgan fingerprint density at radius 2 is 1.43 bits per heavy atom. The van der Waals surface area contributed by atoms with E-state index in [9.17, 15) is 9.59 Å². The van der Waals surface area contributed by atoms with E-state index in [0.717, 1.165) is 56.2 Å². The van der Waals surface area contributed by atoms with E-state index in [0.29, 0.717) is 24.8 Å². The van der Waals surface area contributed by atoms with Crippen LogP contribution >= 0.6 is 11.6 Å². The Labute approximate surface area is 289 Å². The fourth-order valence-corrected chi connectivity index (χ4v) is 6.70. The number of nitrogens with one attached hydrogen (secondary N) is 1. The smallest absolute Gasteiger partial charge is 0.249 e. The van der Waals surface area contributed by atoms with Gasteiger partial charge in [-0.3, -0.25) is 14.2 Å². The number of carbonyl (C=O) groups is 2. The highest BCUT2D eigenvalue weighted by Gasteiger charge is 2.43. The molecule has 0 saturated carbocycles. The SMILES string of the molecule is CC[C@@H]1C(=O)N(C)c2cnc(-n3ccnc3)nc2N1C1CCOC1.CC[C@@H]1C(=O)N(C)c2cnc(Cl)nc2N1C1CCOC1.c1c[nH]cn1. The normalized spacial score (nSPS) is 23.0. The molecule has 1 N–H and O–H groups in total. The number of carbonyl (C=O) groups excluding carboxylic acids is 2. The van der Waals surface area contributed by atoms with Gasteiger partial charge in [0.05, 0.1) is 44.0 Å². The maximum atomic E-state index is 12.8. The Hall–Kier alpha value is -4.67. The van der Waals surface area contributed by atoms with E-state index >= 15 is 0 Å². The molecule has 4 aromatic heterocycles. The van der Waals surface area contributed by atoms with Crippen molar-refractivity contribution in [2.24, 2.45) is 0 Å². The molecular formula is C32H41ClN12O4. The van der Waals surface area contributed by atoms with Crippen LogP contribution in [0.5, 0.6) is 0 Å². The van der Waals surface area contributed by atoms with Gasteiger partial charge in [0, 0.05) is 52.1 Å². The molecule has 2 amide bonds. The highest BCUT2D eigenvalue weighted by Crippen LogP contribution is 2.39. The van der Waals surface area contributed by atoms with Crippen LogP contribution in [0, 0.1) is 0 Å². The molecule has 260 valence electrons. The maximum Gasteiger partial charge on any atom is 0.249 e. The van der Waals surface area contributed by atoms with Crippen LogP contribution < -0.4 is 19.6 Å². The zero-order chi connectivity index (χ0) is 34.5. The lowest BCUT2D eigenvalue weighted by atomic mass is 10.0. The summed E-state index contributed by atoms with van der Waals surface area (Å²) in [7, 11) is 3.54. The van der Waals surface area contributed by atoms with Crippen molar-refractivity contribution < 1.29 is 19.1 Å². The minimum absolute atomic E-state index is 0.0674. The molecule has 2 saturated heterocycles. The van der Waals surface area contributed by atoms with Crippen LogP contribution in [-0.4, -0.2) is 116 Å². The molecule has 16 nitrogen and oxygen atoms in total. The second kappa shape index (κ2) is 15.3. The van der Waals surface area contributed by atoms with Gasteiger partial charge >= 0.3 is 0 Å². The lowest BCUT2D eigenvalue weighted by Crippen LogP contribution is -2.56. The first-order chi connectivity index (χ1) is 23.8. The molecule has 0 radical (unpaired) electrons. The molecule has 4 aliphatic heterocycles. The number of ether oxygens (including phenoxy) is 2. The summed E-state index contributed by atoms with van der Waals surface area (Å²) in [4.78, 5) is 60.7. The first kappa shape index (κ1) is 34.2. The average Bonchev–Trinajstić information content (AvgIpc) is 3.96. The van der Waals surface area contributed by atoms with E-state index in [1.54, 1.807) is 78.3 Å². The van der Waals surface area contributed by atoms with Crippen molar-refractivity contribution in [2.75, 3.05) is 60.1 Å². The van der Waals surface area contributed by atoms with Gasteiger partial charge in [0.1, 0.15) is 29.8 Å². The highest BCUT2D eigenvalue weighted by atomic mass is 35.5. The standard InChI is InChI=1S/C16H20N6O2.C13H17ClN4O2.C3H4N2/c1-3-12-15(23)20(2)13-8-18-16(21-6-5-17-10-21)19-14(13)22(12)11-4-7-24-9-11;1-3-9-12(19)17(2)10-6-15-13(14)16-11(10)18(9)8-4-5-20-7-8;1-2-5-3-4-1/h5-6,8,10-12H,3-4,7,9H2,1-2H3;6,8-9H,3-5,7H2,1-2H3;1-3H,(H,4,5)/t11?,12-;8?,9-;/m11./s1. The van der Waals surface area contributed by atoms with Crippen molar-refractivity contribution in [1.29, 1.82) is 0 Å². The summed E-state index contributed by atoms with van der Waals surface area (Å²) >= 11 is 5.94. The zero-order valence-electron chi connectivity index (χ0n) is 28.0. The molecule has 0 bridgehead atoms. The summed E-state index contributed by atoms with van der Waals surface area (Å²) in [6.07, 6.45) is 16.8. The molecule has 8 rings (SSSR count). The number of imidazole rings is 2. The Balaban J connectivity index is 0.000000151. The van der Waals surface area contributed by atoms with E-state index in [4.69, 9.17) is 26.1 Å². The summed E-state index contributed by atoms with van der Waals surface area (Å²) in [6, 6.07) is -0.107. The number of hydrogen-bond acceptors (Lipinski definition) is 12. The summed E-state index contributed by atoms with van der Waals surface area (Å²) in [5, 5.41) is 0.199. The van der Waals surface area contributed by atoms with Gasteiger partial charge in [-0.2, -0.15) is 9.97 Å². The second-order valence-corrected chi connectivity index (χ2v) is 12.3. The number of hydrogen-bond donors (Lipinski definition) is 1. The fourth-order valence-electron chi connectivity index (χ4n) is 6.57. The number of H-pyrrole nitrogens is 1. The lowest BCUT2D eigenvalue weighted by Gasteiger charge is -2.43. The van der Waals surface area contributed by atoms with Crippen molar-refractivity contribution in [2.45, 2.75) is 63.7 Å². The molecule has 4 atom stereocenters. The predicted octanol–water partition coefficient (Wildman–Crippen LogP) is 2.90. The van der Waals surface area contributed by atoms with Crippen LogP contribution in [0.2, 0.25) is 5.28 Å². The Morgan fingerprint density at radius 1 is 0.837 bits per heavy atom. The number of rotatable bonds is 5. The molecule has 8 heterocycles. The molecule has 4 aliphatic rings. The Kier molecular flexibility index (Phi) is 10.7. The molecule has 17 heteroatoms. The molecular weight excluding hydrogens is 652 g/mol. The maximum absolute atomic E-state index is 12.8. The first-order valence-electron chi connectivity index (χ1n) is 16.4. The van der Waals surface area contributed by atoms with Gasteiger partial charge in [-0.15, -0.1) is 0 Å². The van der Waals surface area contributed by atoms with Gasteiger partial charge in [0.2, 0.25) is 23.0 Å². The van der Waals surface area contributed by atoms with E-state index in [1.165, 1.54) is 0 Å². The molecule has 0 spiro atoms. The fraction of sp³-hybridized carbons (Fsp3) is 0.500. The topological polar surface area (TPSA) is 164 Å². The van der Waals surface area contributed by atoms with Gasteiger partial charge in [-0.1, -0.05) is 13.8 Å². The minimum Gasteiger partial charge on any atom is -0.379 e. The number of amides is 2. The molecule has 2 fully saturated rings. The number of fused-ring (bicyclic) bond motifs is 2. The number of nitrogens with zero attached hydrogens (tertiary/aromatic N) is 11. The third kappa shape index (κ3) is 6.93. The molecule has 2 unspecified atom stereocenters. The van der Waals surface area contributed by atoms with E-state index in [1.807, 2.05) is 13.8 Å². The van der Waals surface area contributed by atoms with E-state index in [-0.39, 0.29) is 41.3 Å². The minimum atomic E-state index is -0.222. The largest absolute Gasteiger partial charge is 0.379 e. The quantitative estimate of drug-likeness (QED) is 0.305. The predicted molar refractivity (Wildman–Crippen MR) is 183 cm³/mol. The third-order valence-corrected chi connectivity index (χ3v) is 9.27. The first-order valence-corrected chi connectivity index (χ1v) is 16.8. The number of aromatic amines is 1. The van der Waals surface area contributed by atoms with Crippen LogP contribution in [0.15, 0.2) is 49.8 Å². The number of halogens is 1. The summed E-state index contributed by atoms with van der Waals surface area (Å²) in [5.41, 5.74) is 1.44. The van der Waals surface area contributed by atoms with Gasteiger partial charge in [-0.25, -0.2) is 19.9 Å². The van der Waals surface area contributed by atoms with Crippen LogP contribution in [0.1, 0.15) is 39.5 Å². The molecule has 49 heavy (non-hydrogen) atoms. The average molecular weight is 693 g/mol.